The van der Waals surface area contributed by atoms with Gasteiger partial charge in [-0.05, 0) is 38.6 Å². The summed E-state index contributed by atoms with van der Waals surface area (Å²) in [6, 6.07) is 6.09. The summed E-state index contributed by atoms with van der Waals surface area (Å²) in [6.45, 7) is 8.70. The van der Waals surface area contributed by atoms with Gasteiger partial charge in [0.2, 0.25) is 0 Å². The van der Waals surface area contributed by atoms with E-state index in [2.05, 4.69) is 36.8 Å². The van der Waals surface area contributed by atoms with E-state index in [1.165, 1.54) is 5.56 Å². The third kappa shape index (κ3) is 3.73. The summed E-state index contributed by atoms with van der Waals surface area (Å²) < 4.78 is 5.31. The number of hydrogen-bond acceptors (Lipinski definition) is 4. The second-order valence-corrected chi connectivity index (χ2v) is 6.78. The third-order valence-electron chi connectivity index (χ3n) is 4.33. The van der Waals surface area contributed by atoms with Crippen LogP contribution in [0.25, 0.3) is 0 Å². The predicted molar refractivity (Wildman–Crippen MR) is 90.9 cm³/mol. The fraction of sp³-hybridized carbons (Fsp3) is 0.562. The highest BCUT2D eigenvalue weighted by atomic mass is 32.1. The molecule has 1 fully saturated rings. The molecule has 0 atom stereocenters. The first-order chi connectivity index (χ1) is 9.83. The van der Waals surface area contributed by atoms with Gasteiger partial charge in [-0.3, -0.25) is 9.80 Å². The summed E-state index contributed by atoms with van der Waals surface area (Å²) >= 11 is 5.11. The van der Waals surface area contributed by atoms with Crippen molar-refractivity contribution in [2.75, 3.05) is 33.8 Å². The molecule has 0 bridgehead atoms. The minimum absolute atomic E-state index is 0.205. The van der Waals surface area contributed by atoms with Gasteiger partial charge in [-0.15, -0.1) is 0 Å². The Hall–Kier alpha value is -1.17. The molecule has 1 aliphatic rings. The van der Waals surface area contributed by atoms with Crippen molar-refractivity contribution in [1.82, 2.24) is 9.80 Å². The van der Waals surface area contributed by atoms with Crippen molar-refractivity contribution in [1.29, 1.82) is 0 Å². The third-order valence-corrected chi connectivity index (χ3v) is 4.55. The highest BCUT2D eigenvalue weighted by Crippen LogP contribution is 2.23. The Morgan fingerprint density at radius 3 is 2.67 bits per heavy atom. The standard InChI is InChI=1S/C16H25N3OS/c1-16(2)11-19(8-7-18(16)3)10-12-5-6-14(20-4)13(9-12)15(17)21/h5-6,9H,7-8,10-11H2,1-4H3,(H2,17,21). The zero-order valence-electron chi connectivity index (χ0n) is 13.3. The quantitative estimate of drug-likeness (QED) is 0.860. The number of methoxy groups -OCH3 is 1. The van der Waals surface area contributed by atoms with Crippen LogP contribution in [0.2, 0.25) is 0 Å². The maximum atomic E-state index is 5.78. The minimum atomic E-state index is 0.205. The molecule has 0 radical (unpaired) electrons. The van der Waals surface area contributed by atoms with Crippen molar-refractivity contribution in [2.45, 2.75) is 25.9 Å². The van der Waals surface area contributed by atoms with Gasteiger partial charge in [0.1, 0.15) is 10.7 Å². The van der Waals surface area contributed by atoms with E-state index in [1.807, 2.05) is 12.1 Å². The minimum Gasteiger partial charge on any atom is -0.496 e. The molecule has 4 nitrogen and oxygen atoms in total. The predicted octanol–water partition coefficient (Wildman–Crippen LogP) is 1.86. The van der Waals surface area contributed by atoms with Gasteiger partial charge < -0.3 is 10.5 Å². The summed E-state index contributed by atoms with van der Waals surface area (Å²) in [4.78, 5) is 5.27. The molecule has 2 N–H and O–H groups in total. The molecule has 0 spiro atoms. The molecular formula is C16H25N3OS. The van der Waals surface area contributed by atoms with Gasteiger partial charge in [-0.2, -0.15) is 0 Å². The molecule has 1 aromatic carbocycles. The first kappa shape index (κ1) is 16.2. The van der Waals surface area contributed by atoms with Crippen LogP contribution in [0.4, 0.5) is 0 Å². The van der Waals surface area contributed by atoms with E-state index >= 15 is 0 Å². The lowest BCUT2D eigenvalue weighted by atomic mass is 9.99. The lowest BCUT2D eigenvalue weighted by Crippen LogP contribution is -2.57. The van der Waals surface area contributed by atoms with Crippen molar-refractivity contribution in [3.63, 3.8) is 0 Å². The molecule has 1 saturated heterocycles. The average Bonchev–Trinajstić information content (AvgIpc) is 2.42. The molecule has 1 heterocycles. The Labute approximate surface area is 132 Å². The van der Waals surface area contributed by atoms with Crippen LogP contribution in [-0.4, -0.2) is 54.1 Å². The maximum Gasteiger partial charge on any atom is 0.129 e. The SMILES string of the molecule is COc1ccc(CN2CCN(C)C(C)(C)C2)cc1C(N)=S. The number of piperazine rings is 1. The van der Waals surface area contributed by atoms with Gasteiger partial charge >= 0.3 is 0 Å². The molecular weight excluding hydrogens is 282 g/mol. The van der Waals surface area contributed by atoms with E-state index in [-0.39, 0.29) is 5.54 Å². The van der Waals surface area contributed by atoms with Crippen LogP contribution in [0.5, 0.6) is 5.75 Å². The summed E-state index contributed by atoms with van der Waals surface area (Å²) in [5.74, 6) is 0.741. The van der Waals surface area contributed by atoms with E-state index in [4.69, 9.17) is 22.7 Å². The van der Waals surface area contributed by atoms with Crippen molar-refractivity contribution >= 4 is 17.2 Å². The molecule has 1 aromatic rings. The average molecular weight is 307 g/mol. The summed E-state index contributed by atoms with van der Waals surface area (Å²) in [6.07, 6.45) is 0. The van der Waals surface area contributed by atoms with Crippen LogP contribution in [-0.2, 0) is 6.54 Å². The Bertz CT molecular complexity index is 530. The summed E-state index contributed by atoms with van der Waals surface area (Å²) in [5, 5.41) is 0. The number of likely N-dealkylation sites (N-methyl/N-ethyl adjacent to an activating group) is 1. The number of thiocarbonyl (C=S) groups is 1. The topological polar surface area (TPSA) is 41.7 Å². The van der Waals surface area contributed by atoms with Crippen LogP contribution in [0.1, 0.15) is 25.0 Å². The second kappa shape index (κ2) is 6.30. The van der Waals surface area contributed by atoms with Crippen LogP contribution >= 0.6 is 12.2 Å². The molecule has 0 saturated carbocycles. The zero-order valence-corrected chi connectivity index (χ0v) is 14.2. The lowest BCUT2D eigenvalue weighted by molar-refractivity contribution is 0.0360. The van der Waals surface area contributed by atoms with Gasteiger partial charge in [-0.25, -0.2) is 0 Å². The molecule has 21 heavy (non-hydrogen) atoms. The van der Waals surface area contributed by atoms with Crippen molar-refractivity contribution in [3.05, 3.63) is 29.3 Å². The van der Waals surface area contributed by atoms with Crippen LogP contribution < -0.4 is 10.5 Å². The Morgan fingerprint density at radius 1 is 1.38 bits per heavy atom. The normalized spacial score (nSPS) is 19.4. The number of nitrogens with two attached hydrogens (primary N) is 1. The highest BCUT2D eigenvalue weighted by Gasteiger charge is 2.30. The van der Waals surface area contributed by atoms with Crippen LogP contribution in [0.15, 0.2) is 18.2 Å². The van der Waals surface area contributed by atoms with Crippen molar-refractivity contribution in [3.8, 4) is 5.75 Å². The fourth-order valence-corrected chi connectivity index (χ4v) is 2.94. The molecule has 0 unspecified atom stereocenters. The van der Waals surface area contributed by atoms with Gasteiger partial charge in [0.25, 0.3) is 0 Å². The molecule has 1 aliphatic heterocycles. The maximum absolute atomic E-state index is 5.78. The number of nitrogens with zero attached hydrogens (tertiary/aromatic N) is 2. The summed E-state index contributed by atoms with van der Waals surface area (Å²) in [5.41, 5.74) is 8.03. The Balaban J connectivity index is 2.13. The first-order valence-electron chi connectivity index (χ1n) is 7.24. The number of benzene rings is 1. The van der Waals surface area contributed by atoms with E-state index in [1.54, 1.807) is 7.11 Å². The lowest BCUT2D eigenvalue weighted by Gasteiger charge is -2.45. The first-order valence-corrected chi connectivity index (χ1v) is 7.64. The van der Waals surface area contributed by atoms with Gasteiger partial charge in [-0.1, -0.05) is 18.3 Å². The van der Waals surface area contributed by atoms with Crippen LogP contribution in [0.3, 0.4) is 0 Å². The number of rotatable bonds is 4. The second-order valence-electron chi connectivity index (χ2n) is 6.34. The molecule has 2 rings (SSSR count). The highest BCUT2D eigenvalue weighted by molar-refractivity contribution is 7.80. The van der Waals surface area contributed by atoms with E-state index in [9.17, 15) is 0 Å². The Morgan fingerprint density at radius 2 is 2.10 bits per heavy atom. The largest absolute Gasteiger partial charge is 0.496 e. The van der Waals surface area contributed by atoms with Gasteiger partial charge in [0.05, 0.1) is 12.7 Å². The van der Waals surface area contributed by atoms with E-state index in [0.717, 1.165) is 37.5 Å². The molecule has 116 valence electrons. The number of ether oxygens (including phenoxy) is 1. The van der Waals surface area contributed by atoms with Gasteiger partial charge in [0, 0.05) is 31.7 Å². The molecule has 0 aromatic heterocycles. The summed E-state index contributed by atoms with van der Waals surface area (Å²) in [7, 11) is 3.83. The monoisotopic (exact) mass is 307 g/mol. The zero-order chi connectivity index (χ0) is 15.6. The van der Waals surface area contributed by atoms with Crippen molar-refractivity contribution in [2.24, 2.45) is 5.73 Å². The molecule has 0 amide bonds. The Kier molecular flexibility index (Phi) is 4.86. The van der Waals surface area contributed by atoms with Crippen molar-refractivity contribution < 1.29 is 4.74 Å². The van der Waals surface area contributed by atoms with Gasteiger partial charge in [0.15, 0.2) is 0 Å². The van der Waals surface area contributed by atoms with Crippen LogP contribution in [0, 0.1) is 0 Å². The molecule has 0 aliphatic carbocycles. The fourth-order valence-electron chi connectivity index (χ4n) is 2.78. The van der Waals surface area contributed by atoms with E-state index < -0.39 is 0 Å². The smallest absolute Gasteiger partial charge is 0.129 e. The van der Waals surface area contributed by atoms with E-state index in [0.29, 0.717) is 4.99 Å². The molecule has 5 heteroatoms. The number of hydrogen-bond donors (Lipinski definition) is 1.